The lowest BCUT2D eigenvalue weighted by molar-refractivity contribution is -0.297. The molecular formula is C13H8N3O5S-. The first-order chi connectivity index (χ1) is 10.6. The summed E-state index contributed by atoms with van der Waals surface area (Å²) in [5.41, 5.74) is 0.771. The molecular weight excluding hydrogens is 310 g/mol. The molecule has 0 fully saturated rings. The summed E-state index contributed by atoms with van der Waals surface area (Å²) in [5.74, 6) is -0.796. The molecule has 1 aliphatic rings. The van der Waals surface area contributed by atoms with Crippen molar-refractivity contribution in [3.63, 3.8) is 0 Å². The number of aliphatic carboxylic acids is 1. The van der Waals surface area contributed by atoms with Crippen LogP contribution in [-0.2, 0) is 9.59 Å². The van der Waals surface area contributed by atoms with Crippen LogP contribution in [0.15, 0.2) is 30.4 Å². The van der Waals surface area contributed by atoms with Gasteiger partial charge in [0.1, 0.15) is 5.01 Å². The van der Waals surface area contributed by atoms with Crippen LogP contribution in [0.4, 0.5) is 5.13 Å². The van der Waals surface area contributed by atoms with E-state index in [1.807, 2.05) is 0 Å². The van der Waals surface area contributed by atoms with E-state index in [4.69, 9.17) is 9.47 Å². The van der Waals surface area contributed by atoms with E-state index in [-0.39, 0.29) is 11.9 Å². The largest absolute Gasteiger partial charge is 0.545 e. The second-order valence-electron chi connectivity index (χ2n) is 4.12. The number of ether oxygens (including phenoxy) is 2. The third kappa shape index (κ3) is 3.04. The zero-order chi connectivity index (χ0) is 15.5. The van der Waals surface area contributed by atoms with Crippen LogP contribution in [0.1, 0.15) is 0 Å². The van der Waals surface area contributed by atoms with Gasteiger partial charge in [0.2, 0.25) is 17.8 Å². The van der Waals surface area contributed by atoms with Crippen molar-refractivity contribution in [3.05, 3.63) is 30.4 Å². The van der Waals surface area contributed by atoms with Crippen molar-refractivity contribution < 1.29 is 24.2 Å². The molecule has 8 nitrogen and oxygen atoms in total. The van der Waals surface area contributed by atoms with E-state index in [2.05, 4.69) is 15.5 Å². The molecule has 112 valence electrons. The Balaban J connectivity index is 1.74. The molecule has 0 aliphatic carbocycles. The van der Waals surface area contributed by atoms with Gasteiger partial charge >= 0.3 is 0 Å². The zero-order valence-electron chi connectivity index (χ0n) is 10.9. The van der Waals surface area contributed by atoms with Gasteiger partial charge in [-0.25, -0.2) is 0 Å². The van der Waals surface area contributed by atoms with E-state index >= 15 is 0 Å². The highest BCUT2D eigenvalue weighted by Gasteiger charge is 2.16. The number of carbonyl (C=O) groups is 2. The Morgan fingerprint density at radius 1 is 1.23 bits per heavy atom. The smallest absolute Gasteiger partial charge is 0.250 e. The van der Waals surface area contributed by atoms with Crippen molar-refractivity contribution >= 4 is 28.3 Å². The van der Waals surface area contributed by atoms with Crippen LogP contribution >= 0.6 is 11.3 Å². The number of carboxylic acid groups (broad SMARTS) is 1. The Bertz CT molecular complexity index is 771. The molecule has 1 amide bonds. The predicted octanol–water partition coefficient (Wildman–Crippen LogP) is 0.178. The van der Waals surface area contributed by atoms with Gasteiger partial charge in [-0.05, 0) is 24.3 Å². The van der Waals surface area contributed by atoms with Crippen molar-refractivity contribution in [2.75, 3.05) is 12.1 Å². The molecule has 0 atom stereocenters. The number of benzene rings is 1. The summed E-state index contributed by atoms with van der Waals surface area (Å²) < 4.78 is 10.5. The summed E-state index contributed by atoms with van der Waals surface area (Å²) in [6.45, 7) is 0.182. The summed E-state index contributed by atoms with van der Waals surface area (Å²) in [7, 11) is 0. The number of aromatic nitrogens is 2. The molecule has 0 radical (unpaired) electrons. The first kappa shape index (κ1) is 14.0. The predicted molar refractivity (Wildman–Crippen MR) is 74.2 cm³/mol. The highest BCUT2D eigenvalue weighted by atomic mass is 32.1. The minimum absolute atomic E-state index is 0.182. The van der Waals surface area contributed by atoms with Gasteiger partial charge in [0.15, 0.2) is 11.5 Å². The Morgan fingerprint density at radius 3 is 2.86 bits per heavy atom. The van der Waals surface area contributed by atoms with Crippen molar-refractivity contribution in [1.82, 2.24) is 10.2 Å². The van der Waals surface area contributed by atoms with Crippen molar-refractivity contribution in [3.8, 4) is 22.1 Å². The lowest BCUT2D eigenvalue weighted by Gasteiger charge is -1.98. The molecule has 0 bridgehead atoms. The van der Waals surface area contributed by atoms with Gasteiger partial charge in [-0.2, -0.15) is 0 Å². The normalized spacial score (nSPS) is 12.5. The molecule has 0 saturated heterocycles. The first-order valence-corrected chi connectivity index (χ1v) is 6.87. The molecule has 0 unspecified atom stereocenters. The number of fused-ring (bicyclic) bond motifs is 1. The molecule has 1 aliphatic heterocycles. The molecule has 0 saturated carbocycles. The molecule has 22 heavy (non-hydrogen) atoms. The molecule has 9 heteroatoms. The fourth-order valence-corrected chi connectivity index (χ4v) is 2.45. The summed E-state index contributed by atoms with van der Waals surface area (Å²) in [5, 5.41) is 21.2. The number of anilines is 1. The SMILES string of the molecule is O=C([O-])/C=C/C(=O)Nc1nnc(-c2ccc3c(c2)OCO3)s1. The van der Waals surface area contributed by atoms with Gasteiger partial charge in [-0.1, -0.05) is 11.3 Å². The van der Waals surface area contributed by atoms with Gasteiger partial charge in [0.05, 0.1) is 5.97 Å². The van der Waals surface area contributed by atoms with Crippen LogP contribution in [0.5, 0.6) is 11.5 Å². The Labute approximate surface area is 128 Å². The van der Waals surface area contributed by atoms with Gasteiger partial charge in [-0.15, -0.1) is 10.2 Å². The summed E-state index contributed by atoms with van der Waals surface area (Å²) in [6.07, 6.45) is 1.48. The topological polar surface area (TPSA) is 113 Å². The summed E-state index contributed by atoms with van der Waals surface area (Å²) >= 11 is 1.15. The number of nitrogens with one attached hydrogen (secondary N) is 1. The average molecular weight is 318 g/mol. The summed E-state index contributed by atoms with van der Waals surface area (Å²) in [4.78, 5) is 21.6. The van der Waals surface area contributed by atoms with Crippen LogP contribution in [0.3, 0.4) is 0 Å². The monoisotopic (exact) mass is 318 g/mol. The standard InChI is InChI=1S/C13H9N3O5S/c17-10(3-4-11(18)19)14-13-16-15-12(22-13)7-1-2-8-9(5-7)21-6-20-8/h1-5H,6H2,(H,18,19)(H,14,16,17)/p-1/b4-3+. The fraction of sp³-hybridized carbons (Fsp3) is 0.0769. The highest BCUT2D eigenvalue weighted by molar-refractivity contribution is 7.18. The van der Waals surface area contributed by atoms with E-state index in [1.54, 1.807) is 18.2 Å². The number of hydrogen-bond acceptors (Lipinski definition) is 8. The maximum Gasteiger partial charge on any atom is 0.250 e. The molecule has 0 spiro atoms. The van der Waals surface area contributed by atoms with Gasteiger partial charge in [0.25, 0.3) is 0 Å². The zero-order valence-corrected chi connectivity index (χ0v) is 11.8. The number of nitrogens with zero attached hydrogens (tertiary/aromatic N) is 2. The molecule has 1 aromatic heterocycles. The van der Waals surface area contributed by atoms with Crippen LogP contribution in [0, 0.1) is 0 Å². The molecule has 1 aromatic carbocycles. The third-order valence-electron chi connectivity index (χ3n) is 2.65. The minimum Gasteiger partial charge on any atom is -0.545 e. The number of carbonyl (C=O) groups excluding carboxylic acids is 2. The highest BCUT2D eigenvalue weighted by Crippen LogP contribution is 2.37. The van der Waals surface area contributed by atoms with Crippen molar-refractivity contribution in [2.24, 2.45) is 0 Å². The van der Waals surface area contributed by atoms with E-state index in [0.29, 0.717) is 22.6 Å². The lowest BCUT2D eigenvalue weighted by Crippen LogP contribution is -2.20. The second-order valence-corrected chi connectivity index (χ2v) is 5.10. The van der Waals surface area contributed by atoms with Crippen molar-refractivity contribution in [2.45, 2.75) is 0 Å². The Hall–Kier alpha value is -2.94. The molecule has 1 N–H and O–H groups in total. The maximum atomic E-state index is 11.4. The number of amides is 1. The van der Waals surface area contributed by atoms with Gasteiger partial charge in [0, 0.05) is 11.6 Å². The quantitative estimate of drug-likeness (QED) is 0.800. The molecule has 3 rings (SSSR count). The van der Waals surface area contributed by atoms with Crippen molar-refractivity contribution in [1.29, 1.82) is 0 Å². The van der Waals surface area contributed by atoms with E-state index in [0.717, 1.165) is 23.0 Å². The van der Waals surface area contributed by atoms with Crippen LogP contribution in [-0.4, -0.2) is 28.9 Å². The lowest BCUT2D eigenvalue weighted by atomic mass is 10.2. The Kier molecular flexibility index (Phi) is 3.71. The first-order valence-electron chi connectivity index (χ1n) is 6.05. The van der Waals surface area contributed by atoms with Gasteiger partial charge < -0.3 is 19.4 Å². The number of rotatable bonds is 4. The van der Waals surface area contributed by atoms with Crippen LogP contribution in [0.25, 0.3) is 10.6 Å². The number of hydrogen-bond donors (Lipinski definition) is 1. The minimum atomic E-state index is -1.45. The van der Waals surface area contributed by atoms with E-state index in [1.165, 1.54) is 0 Å². The fourth-order valence-electron chi connectivity index (χ4n) is 1.71. The maximum absolute atomic E-state index is 11.4. The summed E-state index contributed by atoms with van der Waals surface area (Å²) in [6, 6.07) is 5.33. The van der Waals surface area contributed by atoms with Crippen LogP contribution in [0.2, 0.25) is 0 Å². The van der Waals surface area contributed by atoms with Crippen LogP contribution < -0.4 is 19.9 Å². The molecule has 2 aromatic rings. The second kappa shape index (κ2) is 5.82. The van der Waals surface area contributed by atoms with Gasteiger partial charge in [-0.3, -0.25) is 10.1 Å². The van der Waals surface area contributed by atoms with E-state index in [9.17, 15) is 14.7 Å². The number of carboxylic acids is 1. The molecule has 2 heterocycles. The third-order valence-corrected chi connectivity index (χ3v) is 3.53. The Morgan fingerprint density at radius 2 is 2.05 bits per heavy atom. The van der Waals surface area contributed by atoms with E-state index < -0.39 is 11.9 Å². The average Bonchev–Trinajstić information content (AvgIpc) is 3.12.